The molecule has 0 aliphatic heterocycles. The molecule has 5 heteroatoms. The molecule has 0 aliphatic carbocycles. The Balaban J connectivity index is 2.86. The van der Waals surface area contributed by atoms with Gasteiger partial charge in [-0.2, -0.15) is 0 Å². The molecule has 0 radical (unpaired) electrons. The lowest BCUT2D eigenvalue weighted by Crippen LogP contribution is -2.31. The van der Waals surface area contributed by atoms with Crippen molar-refractivity contribution in [3.05, 3.63) is 12.1 Å². The van der Waals surface area contributed by atoms with Gasteiger partial charge >= 0.3 is 0 Å². The van der Waals surface area contributed by atoms with E-state index in [0.717, 1.165) is 31.7 Å². The minimum atomic E-state index is 0.111. The zero-order valence-electron chi connectivity index (χ0n) is 13.7. The van der Waals surface area contributed by atoms with E-state index in [1.165, 1.54) is 0 Å². The first kappa shape index (κ1) is 17.4. The zero-order chi connectivity index (χ0) is 15.7. The Bertz CT molecular complexity index is 398. The molecule has 0 amide bonds. The average Bonchev–Trinajstić information content (AvgIpc) is 2.52. The molecule has 0 spiro atoms. The molecule has 1 rings (SSSR count). The van der Waals surface area contributed by atoms with Gasteiger partial charge in [0.1, 0.15) is 11.9 Å². The highest BCUT2D eigenvalue weighted by atomic mass is 16.5. The molecular formula is C16H27NO4. The van der Waals surface area contributed by atoms with E-state index in [0.29, 0.717) is 17.2 Å². The van der Waals surface area contributed by atoms with Gasteiger partial charge in [-0.1, -0.05) is 13.8 Å². The smallest absolute Gasteiger partial charge is 0.203 e. The normalized spacial score (nSPS) is 11.9. The van der Waals surface area contributed by atoms with E-state index in [9.17, 15) is 0 Å². The summed E-state index contributed by atoms with van der Waals surface area (Å²) in [4.78, 5) is 0. The van der Waals surface area contributed by atoms with Crippen LogP contribution >= 0.6 is 0 Å². The lowest BCUT2D eigenvalue weighted by molar-refractivity contribution is 0.191. The van der Waals surface area contributed by atoms with Crippen molar-refractivity contribution in [1.82, 2.24) is 5.32 Å². The van der Waals surface area contributed by atoms with Gasteiger partial charge in [-0.25, -0.2) is 0 Å². The van der Waals surface area contributed by atoms with Crippen molar-refractivity contribution in [3.63, 3.8) is 0 Å². The minimum absolute atomic E-state index is 0.111. The van der Waals surface area contributed by atoms with Crippen molar-refractivity contribution in [2.75, 3.05) is 34.4 Å². The van der Waals surface area contributed by atoms with Crippen LogP contribution in [0.15, 0.2) is 12.1 Å². The van der Waals surface area contributed by atoms with Gasteiger partial charge in [0, 0.05) is 18.7 Å². The van der Waals surface area contributed by atoms with E-state index in [1.54, 1.807) is 21.3 Å². The van der Waals surface area contributed by atoms with Gasteiger partial charge in [-0.15, -0.1) is 0 Å². The highest BCUT2D eigenvalue weighted by Crippen LogP contribution is 2.41. The van der Waals surface area contributed by atoms with Crippen LogP contribution in [0.5, 0.6) is 23.0 Å². The number of hydrogen-bond acceptors (Lipinski definition) is 5. The molecule has 0 aliphatic rings. The minimum Gasteiger partial charge on any atom is -0.493 e. The molecule has 0 aromatic heterocycles. The molecule has 1 aromatic rings. The van der Waals surface area contributed by atoms with Crippen LogP contribution in [0.2, 0.25) is 0 Å². The Kier molecular flexibility index (Phi) is 7.75. The molecule has 120 valence electrons. The van der Waals surface area contributed by atoms with Crippen molar-refractivity contribution >= 4 is 0 Å². The van der Waals surface area contributed by atoms with Crippen LogP contribution in [0.3, 0.4) is 0 Å². The summed E-state index contributed by atoms with van der Waals surface area (Å²) in [7, 11) is 4.78. The number of nitrogens with one attached hydrogen (secondary N) is 1. The van der Waals surface area contributed by atoms with Gasteiger partial charge < -0.3 is 24.3 Å². The molecule has 1 atom stereocenters. The summed E-state index contributed by atoms with van der Waals surface area (Å²) in [6.07, 6.45) is 2.15. The Morgan fingerprint density at radius 3 is 2.05 bits per heavy atom. The third-order valence-electron chi connectivity index (χ3n) is 3.20. The van der Waals surface area contributed by atoms with Gasteiger partial charge in [0.2, 0.25) is 5.75 Å². The maximum atomic E-state index is 6.02. The second-order valence-corrected chi connectivity index (χ2v) is 4.71. The van der Waals surface area contributed by atoms with Crippen molar-refractivity contribution in [2.45, 2.75) is 32.8 Å². The summed E-state index contributed by atoms with van der Waals surface area (Å²) in [5.41, 5.74) is 0. The van der Waals surface area contributed by atoms with Crippen LogP contribution in [0.1, 0.15) is 26.7 Å². The topological polar surface area (TPSA) is 49.0 Å². The number of rotatable bonds is 10. The second kappa shape index (κ2) is 9.34. The average molecular weight is 297 g/mol. The maximum Gasteiger partial charge on any atom is 0.203 e. The summed E-state index contributed by atoms with van der Waals surface area (Å²) in [6, 6.07) is 3.65. The molecule has 21 heavy (non-hydrogen) atoms. The van der Waals surface area contributed by atoms with Crippen LogP contribution in [0.4, 0.5) is 0 Å². The zero-order valence-corrected chi connectivity index (χ0v) is 13.7. The molecule has 0 fully saturated rings. The van der Waals surface area contributed by atoms with Gasteiger partial charge in [0.05, 0.1) is 21.3 Å². The molecule has 0 heterocycles. The Morgan fingerprint density at radius 1 is 1.00 bits per heavy atom. The first-order valence-corrected chi connectivity index (χ1v) is 7.37. The monoisotopic (exact) mass is 297 g/mol. The first-order chi connectivity index (χ1) is 10.2. The van der Waals surface area contributed by atoms with E-state index < -0.39 is 0 Å². The Labute approximate surface area is 127 Å². The van der Waals surface area contributed by atoms with Crippen molar-refractivity contribution < 1.29 is 18.9 Å². The van der Waals surface area contributed by atoms with Crippen molar-refractivity contribution in [2.24, 2.45) is 0 Å². The van der Waals surface area contributed by atoms with E-state index >= 15 is 0 Å². The van der Waals surface area contributed by atoms with Crippen LogP contribution in [0, 0.1) is 0 Å². The molecule has 0 saturated carbocycles. The van der Waals surface area contributed by atoms with Gasteiger partial charge in [0.15, 0.2) is 11.5 Å². The fourth-order valence-electron chi connectivity index (χ4n) is 2.03. The summed E-state index contributed by atoms with van der Waals surface area (Å²) < 4.78 is 22.0. The lowest BCUT2D eigenvalue weighted by atomic mass is 10.2. The highest BCUT2D eigenvalue weighted by Gasteiger charge is 2.16. The summed E-state index contributed by atoms with van der Waals surface area (Å²) in [6.45, 7) is 6.07. The SMILES string of the molecule is CCCNCC(CC)Oc1cc(OC)c(OC)c(OC)c1. The first-order valence-electron chi connectivity index (χ1n) is 7.37. The molecule has 5 nitrogen and oxygen atoms in total. The number of methoxy groups -OCH3 is 3. The van der Waals surface area contributed by atoms with E-state index in [-0.39, 0.29) is 6.10 Å². The standard InChI is InChI=1S/C16H27NO4/c1-6-8-17-11-12(7-2)21-13-9-14(18-3)16(20-5)15(10-13)19-4/h9-10,12,17H,6-8,11H2,1-5H3. The summed E-state index contributed by atoms with van der Waals surface area (Å²) >= 11 is 0. The lowest BCUT2D eigenvalue weighted by Gasteiger charge is -2.20. The molecule has 0 bridgehead atoms. The van der Waals surface area contributed by atoms with E-state index in [1.807, 2.05) is 12.1 Å². The Morgan fingerprint density at radius 2 is 1.62 bits per heavy atom. The van der Waals surface area contributed by atoms with Crippen LogP contribution in [-0.2, 0) is 0 Å². The summed E-state index contributed by atoms with van der Waals surface area (Å²) in [5.74, 6) is 2.49. The van der Waals surface area contributed by atoms with Crippen LogP contribution in [-0.4, -0.2) is 40.5 Å². The third kappa shape index (κ3) is 5.01. The van der Waals surface area contributed by atoms with Gasteiger partial charge in [-0.3, -0.25) is 0 Å². The van der Waals surface area contributed by atoms with Crippen LogP contribution in [0.25, 0.3) is 0 Å². The summed E-state index contributed by atoms with van der Waals surface area (Å²) in [5, 5.41) is 3.37. The Hall–Kier alpha value is -1.62. The van der Waals surface area contributed by atoms with Gasteiger partial charge in [0.25, 0.3) is 0 Å². The second-order valence-electron chi connectivity index (χ2n) is 4.71. The highest BCUT2D eigenvalue weighted by molar-refractivity contribution is 5.55. The molecule has 0 saturated heterocycles. The predicted molar refractivity (Wildman–Crippen MR) is 84.0 cm³/mol. The molecular weight excluding hydrogens is 270 g/mol. The quantitative estimate of drug-likeness (QED) is 0.673. The fraction of sp³-hybridized carbons (Fsp3) is 0.625. The van der Waals surface area contributed by atoms with E-state index in [2.05, 4.69) is 19.2 Å². The van der Waals surface area contributed by atoms with Crippen molar-refractivity contribution in [1.29, 1.82) is 0 Å². The van der Waals surface area contributed by atoms with Gasteiger partial charge in [-0.05, 0) is 19.4 Å². The number of benzene rings is 1. The largest absolute Gasteiger partial charge is 0.493 e. The maximum absolute atomic E-state index is 6.02. The fourth-order valence-corrected chi connectivity index (χ4v) is 2.03. The number of ether oxygens (including phenoxy) is 4. The predicted octanol–water partition coefficient (Wildman–Crippen LogP) is 2.87. The third-order valence-corrected chi connectivity index (χ3v) is 3.20. The molecule has 1 aromatic carbocycles. The molecule has 1 unspecified atom stereocenters. The van der Waals surface area contributed by atoms with E-state index in [4.69, 9.17) is 18.9 Å². The van der Waals surface area contributed by atoms with Crippen LogP contribution < -0.4 is 24.3 Å². The van der Waals surface area contributed by atoms with Crippen molar-refractivity contribution in [3.8, 4) is 23.0 Å². The molecule has 1 N–H and O–H groups in total. The number of hydrogen-bond donors (Lipinski definition) is 1.